The summed E-state index contributed by atoms with van der Waals surface area (Å²) in [5.41, 5.74) is 2.80. The number of rotatable bonds is 13. The van der Waals surface area contributed by atoms with Gasteiger partial charge in [0.2, 0.25) is 11.8 Å². The van der Waals surface area contributed by atoms with Gasteiger partial charge in [0.15, 0.2) is 5.69 Å². The van der Waals surface area contributed by atoms with E-state index in [2.05, 4.69) is 26.4 Å². The molecule has 5 N–H and O–H groups in total. The average molecular weight is 615 g/mol. The highest BCUT2D eigenvalue weighted by Crippen LogP contribution is 2.15. The second-order valence-corrected chi connectivity index (χ2v) is 11.1. The molecule has 12 nitrogen and oxygen atoms in total. The maximum atomic E-state index is 13.4. The first-order valence-corrected chi connectivity index (χ1v) is 14.4. The van der Waals surface area contributed by atoms with E-state index < -0.39 is 41.8 Å². The van der Waals surface area contributed by atoms with E-state index in [1.165, 1.54) is 13.0 Å². The Morgan fingerprint density at radius 2 is 1.69 bits per heavy atom. The van der Waals surface area contributed by atoms with Crippen molar-refractivity contribution in [3.63, 3.8) is 0 Å². The molecule has 2 aromatic carbocycles. The van der Waals surface area contributed by atoms with E-state index >= 15 is 0 Å². The minimum absolute atomic E-state index is 0.00478. The van der Waals surface area contributed by atoms with Crippen molar-refractivity contribution in [2.75, 3.05) is 5.32 Å². The first kappa shape index (κ1) is 34.2. The number of aliphatic hydroxyl groups excluding tert-OH is 1. The van der Waals surface area contributed by atoms with Crippen LogP contribution in [0.3, 0.4) is 0 Å². The fourth-order valence-corrected chi connectivity index (χ4v) is 4.29. The quantitative estimate of drug-likeness (QED) is 0.144. The zero-order chi connectivity index (χ0) is 33.1. The van der Waals surface area contributed by atoms with E-state index in [4.69, 9.17) is 4.52 Å². The highest BCUT2D eigenvalue weighted by molar-refractivity contribution is 6.06. The third-order valence-corrected chi connectivity index (χ3v) is 6.62. The van der Waals surface area contributed by atoms with Gasteiger partial charge in [-0.2, -0.15) is 5.26 Å². The van der Waals surface area contributed by atoms with Crippen molar-refractivity contribution < 1.29 is 28.8 Å². The number of carbonyl (C=O) groups excluding carboxylic acids is 4. The van der Waals surface area contributed by atoms with E-state index in [0.717, 1.165) is 11.1 Å². The monoisotopic (exact) mass is 614 g/mol. The van der Waals surface area contributed by atoms with Crippen LogP contribution in [0.1, 0.15) is 53.7 Å². The van der Waals surface area contributed by atoms with Crippen LogP contribution in [-0.2, 0) is 27.3 Å². The minimum Gasteiger partial charge on any atom is -0.391 e. The third kappa shape index (κ3) is 10.4. The van der Waals surface area contributed by atoms with Crippen LogP contribution < -0.4 is 21.3 Å². The van der Waals surface area contributed by atoms with Gasteiger partial charge in [-0.15, -0.1) is 0 Å². The second kappa shape index (κ2) is 16.0. The predicted molar refractivity (Wildman–Crippen MR) is 166 cm³/mol. The van der Waals surface area contributed by atoms with Crippen LogP contribution in [0.4, 0.5) is 5.69 Å². The summed E-state index contributed by atoms with van der Waals surface area (Å²) in [5, 5.41) is 34.0. The third-order valence-electron chi connectivity index (χ3n) is 6.62. The van der Waals surface area contributed by atoms with E-state index in [9.17, 15) is 29.5 Å². The molecule has 0 saturated carbocycles. The molecule has 0 saturated heterocycles. The Bertz CT molecular complexity index is 1590. The highest BCUT2D eigenvalue weighted by Gasteiger charge is 2.31. The fraction of sp³-hybridized carbons (Fsp3) is 0.333. The number of nitriles is 1. The number of benzene rings is 2. The Labute approximate surface area is 261 Å². The van der Waals surface area contributed by atoms with Gasteiger partial charge in [0, 0.05) is 24.7 Å². The first-order valence-electron chi connectivity index (χ1n) is 14.4. The number of aromatic nitrogens is 1. The van der Waals surface area contributed by atoms with Crippen molar-refractivity contribution >= 4 is 29.3 Å². The topological polar surface area (TPSA) is 186 Å². The highest BCUT2D eigenvalue weighted by atomic mass is 16.5. The summed E-state index contributed by atoms with van der Waals surface area (Å²) in [5.74, 6) is -2.22. The van der Waals surface area contributed by atoms with Gasteiger partial charge in [-0.3, -0.25) is 19.2 Å². The minimum atomic E-state index is -1.41. The van der Waals surface area contributed by atoms with Crippen LogP contribution in [0.25, 0.3) is 0 Å². The van der Waals surface area contributed by atoms with Gasteiger partial charge in [-0.05, 0) is 49.9 Å². The van der Waals surface area contributed by atoms with Crippen molar-refractivity contribution in [3.05, 3.63) is 94.4 Å². The summed E-state index contributed by atoms with van der Waals surface area (Å²) < 4.78 is 4.92. The van der Waals surface area contributed by atoms with Crippen molar-refractivity contribution in [2.45, 2.75) is 65.8 Å². The number of anilines is 1. The van der Waals surface area contributed by atoms with Gasteiger partial charge in [0.05, 0.1) is 6.10 Å². The molecule has 3 atom stereocenters. The molecule has 0 aliphatic heterocycles. The first-order chi connectivity index (χ1) is 21.4. The van der Waals surface area contributed by atoms with Crippen LogP contribution in [0.15, 0.2) is 70.8 Å². The summed E-state index contributed by atoms with van der Waals surface area (Å²) in [6.45, 7) is 8.79. The van der Waals surface area contributed by atoms with E-state index in [-0.39, 0.29) is 30.2 Å². The van der Waals surface area contributed by atoms with E-state index in [0.29, 0.717) is 17.0 Å². The molecule has 3 rings (SSSR count). The molecular formula is C33H38N6O6. The Morgan fingerprint density at radius 1 is 0.978 bits per heavy atom. The van der Waals surface area contributed by atoms with Crippen LogP contribution >= 0.6 is 0 Å². The maximum absolute atomic E-state index is 13.4. The number of carbonyl (C=O) groups is 4. The summed E-state index contributed by atoms with van der Waals surface area (Å²) >= 11 is 0. The average Bonchev–Trinajstić information content (AvgIpc) is 3.43. The number of allylic oxidation sites excluding steroid dienone is 1. The molecule has 3 aromatic rings. The van der Waals surface area contributed by atoms with Crippen molar-refractivity contribution in [1.29, 1.82) is 5.26 Å². The second-order valence-electron chi connectivity index (χ2n) is 11.1. The standard InChI is InChI=1S/C33H38N6O6/c1-19(2)13-25(17-34)30(41)36-26-8-6-7-24(15-26)16-27(31(42)35-18-23-11-9-20(3)10-12-23)37-33(44)29(22(5)40)38-32(43)28-14-21(4)45-39-28/h6-15,19,22,27,29,40H,16,18H2,1-5H3,(H,35,42)(H,36,41)(H,37,44)(H,38,43)/t22-,27+,29+/m1/s1. The van der Waals surface area contributed by atoms with Gasteiger partial charge in [0.25, 0.3) is 11.8 Å². The Morgan fingerprint density at radius 3 is 2.29 bits per heavy atom. The molecule has 236 valence electrons. The molecule has 0 aliphatic rings. The Balaban J connectivity index is 1.82. The molecule has 12 heteroatoms. The number of amides is 4. The van der Waals surface area contributed by atoms with Crippen LogP contribution in [0, 0.1) is 31.1 Å². The lowest BCUT2D eigenvalue weighted by atomic mass is 10.0. The van der Waals surface area contributed by atoms with Crippen molar-refractivity contribution in [3.8, 4) is 6.07 Å². The van der Waals surface area contributed by atoms with Crippen molar-refractivity contribution in [1.82, 2.24) is 21.1 Å². The lowest BCUT2D eigenvalue weighted by molar-refractivity contribution is -0.131. The maximum Gasteiger partial charge on any atom is 0.274 e. The zero-order valence-electron chi connectivity index (χ0n) is 25.9. The molecule has 0 unspecified atom stereocenters. The molecule has 1 aromatic heterocycles. The molecule has 0 spiro atoms. The molecule has 4 amide bonds. The number of hydrogen-bond acceptors (Lipinski definition) is 8. The Hall–Kier alpha value is -5.28. The zero-order valence-corrected chi connectivity index (χ0v) is 25.9. The van der Waals surface area contributed by atoms with Gasteiger partial charge in [-0.25, -0.2) is 0 Å². The Kier molecular flexibility index (Phi) is 12.1. The lowest BCUT2D eigenvalue weighted by Gasteiger charge is -2.24. The molecular weight excluding hydrogens is 576 g/mol. The number of nitrogens with one attached hydrogen (secondary N) is 4. The smallest absolute Gasteiger partial charge is 0.274 e. The summed E-state index contributed by atoms with van der Waals surface area (Å²) in [7, 11) is 0. The molecule has 45 heavy (non-hydrogen) atoms. The van der Waals surface area contributed by atoms with Gasteiger partial charge in [-0.1, -0.05) is 67.0 Å². The lowest BCUT2D eigenvalue weighted by Crippen LogP contribution is -2.57. The summed E-state index contributed by atoms with van der Waals surface area (Å²) in [6.07, 6.45) is 0.250. The predicted octanol–water partition coefficient (Wildman–Crippen LogP) is 2.86. The van der Waals surface area contributed by atoms with E-state index in [1.807, 2.05) is 51.1 Å². The SMILES string of the molecule is Cc1ccc(CNC(=O)[C@H](Cc2cccc(NC(=O)C(C#N)=CC(C)C)c2)NC(=O)[C@@H](NC(=O)c2cc(C)on2)[C@@H](C)O)cc1. The normalized spacial score (nSPS) is 13.2. The number of hydrogen-bond donors (Lipinski definition) is 5. The van der Waals surface area contributed by atoms with Gasteiger partial charge < -0.3 is 30.9 Å². The number of aliphatic hydroxyl groups is 1. The summed E-state index contributed by atoms with van der Waals surface area (Å²) in [6, 6.07) is 15.0. The summed E-state index contributed by atoms with van der Waals surface area (Å²) in [4.78, 5) is 52.1. The largest absolute Gasteiger partial charge is 0.391 e. The number of nitrogens with zero attached hydrogens (tertiary/aromatic N) is 2. The van der Waals surface area contributed by atoms with Crippen LogP contribution in [0.5, 0.6) is 0 Å². The van der Waals surface area contributed by atoms with Crippen LogP contribution in [-0.4, -0.2) is 52.1 Å². The fourth-order valence-electron chi connectivity index (χ4n) is 4.29. The molecule has 0 fully saturated rings. The molecule has 0 aliphatic carbocycles. The molecule has 1 heterocycles. The molecule has 0 bridgehead atoms. The number of aryl methyl sites for hydroxylation is 2. The van der Waals surface area contributed by atoms with Crippen molar-refractivity contribution in [2.24, 2.45) is 5.92 Å². The van der Waals surface area contributed by atoms with Crippen LogP contribution in [0.2, 0.25) is 0 Å². The molecule has 0 radical (unpaired) electrons. The van der Waals surface area contributed by atoms with E-state index in [1.54, 1.807) is 37.3 Å². The van der Waals surface area contributed by atoms with Gasteiger partial charge in [0.1, 0.15) is 29.5 Å². The van der Waals surface area contributed by atoms with Gasteiger partial charge >= 0.3 is 0 Å².